The van der Waals surface area contributed by atoms with Gasteiger partial charge in [0.25, 0.3) is 5.91 Å². The number of amides is 1. The van der Waals surface area contributed by atoms with E-state index in [-0.39, 0.29) is 16.7 Å². The van der Waals surface area contributed by atoms with Gasteiger partial charge in [0.15, 0.2) is 0 Å². The Morgan fingerprint density at radius 1 is 0.966 bits per heavy atom. The second-order valence-corrected chi connectivity index (χ2v) is 10.3. The summed E-state index contributed by atoms with van der Waals surface area (Å²) in [6.45, 7) is 14.9. The van der Waals surface area contributed by atoms with Crippen molar-refractivity contribution >= 4 is 11.6 Å². The van der Waals surface area contributed by atoms with Crippen molar-refractivity contribution in [2.45, 2.75) is 71.3 Å². The highest BCUT2D eigenvalue weighted by molar-refractivity contribution is 5.94. The molecule has 1 atom stereocenters. The predicted molar refractivity (Wildman–Crippen MR) is 123 cm³/mol. The Morgan fingerprint density at radius 2 is 1.55 bits per heavy atom. The Labute approximate surface area is 176 Å². The van der Waals surface area contributed by atoms with Crippen molar-refractivity contribution in [3.05, 3.63) is 65.2 Å². The van der Waals surface area contributed by atoms with Crippen LogP contribution in [0.25, 0.3) is 0 Å². The van der Waals surface area contributed by atoms with Crippen molar-refractivity contribution in [1.29, 1.82) is 0 Å². The first-order chi connectivity index (χ1) is 13.6. The number of benzene rings is 2. The van der Waals surface area contributed by atoms with Gasteiger partial charge >= 0.3 is 0 Å². The fourth-order valence-electron chi connectivity index (χ4n) is 3.94. The van der Waals surface area contributed by atoms with Gasteiger partial charge in [0.1, 0.15) is 0 Å². The van der Waals surface area contributed by atoms with Crippen molar-refractivity contribution < 1.29 is 4.79 Å². The lowest BCUT2D eigenvalue weighted by Crippen LogP contribution is -2.40. The van der Waals surface area contributed by atoms with Gasteiger partial charge in [-0.3, -0.25) is 4.79 Å². The standard InChI is InChI=1S/C26H36N2O/c1-25(2,3)20-15-19(16-21(17-20)26(4,5)6)24(29)27-18-23-13-10-14-28(23)22-11-8-7-9-12-22/h7-9,11-12,15-17,23H,10,13-14,18H2,1-6H3,(H,27,29). The van der Waals surface area contributed by atoms with Gasteiger partial charge in [-0.05, 0) is 59.1 Å². The van der Waals surface area contributed by atoms with Crippen molar-refractivity contribution in [3.8, 4) is 0 Å². The van der Waals surface area contributed by atoms with E-state index in [1.165, 1.54) is 23.2 Å². The largest absolute Gasteiger partial charge is 0.367 e. The molecule has 156 valence electrons. The minimum absolute atomic E-state index is 0.00580. The molecule has 0 saturated carbocycles. The Bertz CT molecular complexity index is 811. The summed E-state index contributed by atoms with van der Waals surface area (Å²) in [6.07, 6.45) is 2.29. The van der Waals surface area contributed by atoms with E-state index in [1.807, 2.05) is 6.07 Å². The molecule has 0 radical (unpaired) electrons. The number of para-hydroxylation sites is 1. The van der Waals surface area contributed by atoms with Gasteiger partial charge in [-0.2, -0.15) is 0 Å². The molecule has 29 heavy (non-hydrogen) atoms. The predicted octanol–water partition coefficient (Wildman–Crippen LogP) is 5.68. The number of nitrogens with one attached hydrogen (secondary N) is 1. The molecule has 1 aliphatic heterocycles. The Balaban J connectivity index is 1.77. The maximum Gasteiger partial charge on any atom is 0.251 e. The van der Waals surface area contributed by atoms with E-state index in [4.69, 9.17) is 0 Å². The number of hydrogen-bond acceptors (Lipinski definition) is 2. The van der Waals surface area contributed by atoms with E-state index in [0.717, 1.165) is 18.5 Å². The van der Waals surface area contributed by atoms with Gasteiger partial charge in [0, 0.05) is 30.4 Å². The molecule has 2 aromatic carbocycles. The molecule has 3 rings (SSSR count). The maximum absolute atomic E-state index is 13.1. The van der Waals surface area contributed by atoms with Crippen LogP contribution in [0, 0.1) is 0 Å². The van der Waals surface area contributed by atoms with E-state index >= 15 is 0 Å². The van der Waals surface area contributed by atoms with Crippen molar-refractivity contribution in [2.75, 3.05) is 18.0 Å². The molecule has 1 amide bonds. The molecular weight excluding hydrogens is 356 g/mol. The quantitative estimate of drug-likeness (QED) is 0.726. The Morgan fingerprint density at radius 3 is 2.10 bits per heavy atom. The van der Waals surface area contributed by atoms with E-state index < -0.39 is 0 Å². The highest BCUT2D eigenvalue weighted by Gasteiger charge is 2.26. The van der Waals surface area contributed by atoms with E-state index in [0.29, 0.717) is 12.6 Å². The van der Waals surface area contributed by atoms with Crippen LogP contribution in [0.2, 0.25) is 0 Å². The zero-order valence-electron chi connectivity index (χ0n) is 18.9. The lowest BCUT2D eigenvalue weighted by Gasteiger charge is -2.28. The molecular formula is C26H36N2O. The first-order valence-electron chi connectivity index (χ1n) is 10.8. The monoisotopic (exact) mass is 392 g/mol. The number of nitrogens with zero attached hydrogens (tertiary/aromatic N) is 1. The summed E-state index contributed by atoms with van der Waals surface area (Å²) in [5, 5.41) is 3.22. The zero-order chi connectivity index (χ0) is 21.2. The Kier molecular flexibility index (Phi) is 6.07. The van der Waals surface area contributed by atoms with E-state index in [1.54, 1.807) is 0 Å². The van der Waals surface area contributed by atoms with Gasteiger partial charge in [-0.1, -0.05) is 65.8 Å². The van der Waals surface area contributed by atoms with Crippen LogP contribution in [-0.2, 0) is 10.8 Å². The van der Waals surface area contributed by atoms with Gasteiger partial charge < -0.3 is 10.2 Å². The molecule has 0 bridgehead atoms. The third-order valence-corrected chi connectivity index (χ3v) is 5.89. The summed E-state index contributed by atoms with van der Waals surface area (Å²) in [5.74, 6) is 0.0292. The minimum atomic E-state index is 0.00580. The second kappa shape index (κ2) is 8.22. The van der Waals surface area contributed by atoms with E-state index in [9.17, 15) is 4.79 Å². The van der Waals surface area contributed by atoms with Gasteiger partial charge in [-0.15, -0.1) is 0 Å². The molecule has 0 aromatic heterocycles. The molecule has 2 aromatic rings. The zero-order valence-corrected chi connectivity index (χ0v) is 18.9. The molecule has 1 fully saturated rings. The summed E-state index contributed by atoms with van der Waals surface area (Å²) >= 11 is 0. The summed E-state index contributed by atoms with van der Waals surface area (Å²) in [5.41, 5.74) is 4.45. The van der Waals surface area contributed by atoms with Crippen LogP contribution >= 0.6 is 0 Å². The normalized spacial score (nSPS) is 17.4. The molecule has 1 saturated heterocycles. The smallest absolute Gasteiger partial charge is 0.251 e. The second-order valence-electron chi connectivity index (χ2n) is 10.3. The molecule has 1 heterocycles. The number of carbonyl (C=O) groups excluding carboxylic acids is 1. The summed E-state index contributed by atoms with van der Waals surface area (Å²) in [7, 11) is 0. The highest BCUT2D eigenvalue weighted by Crippen LogP contribution is 2.30. The van der Waals surface area contributed by atoms with Crippen LogP contribution in [0.5, 0.6) is 0 Å². The average molecular weight is 393 g/mol. The number of rotatable bonds is 4. The fourth-order valence-corrected chi connectivity index (χ4v) is 3.94. The van der Waals surface area contributed by atoms with Crippen molar-refractivity contribution in [1.82, 2.24) is 5.32 Å². The summed E-state index contributed by atoms with van der Waals surface area (Å²) in [6, 6.07) is 17.3. The first-order valence-corrected chi connectivity index (χ1v) is 10.8. The van der Waals surface area contributed by atoms with Crippen molar-refractivity contribution in [2.24, 2.45) is 0 Å². The van der Waals surface area contributed by atoms with Crippen LogP contribution in [0.4, 0.5) is 5.69 Å². The molecule has 0 aliphatic carbocycles. The van der Waals surface area contributed by atoms with Crippen molar-refractivity contribution in [3.63, 3.8) is 0 Å². The SMILES string of the molecule is CC(C)(C)c1cc(C(=O)NCC2CCCN2c2ccccc2)cc(C(C)(C)C)c1. The third kappa shape index (κ3) is 5.20. The van der Waals surface area contributed by atoms with Gasteiger partial charge in [0.2, 0.25) is 0 Å². The summed E-state index contributed by atoms with van der Waals surface area (Å²) < 4.78 is 0. The maximum atomic E-state index is 13.1. The Hall–Kier alpha value is -2.29. The molecule has 1 unspecified atom stereocenters. The van der Waals surface area contributed by atoms with Gasteiger partial charge in [0.05, 0.1) is 0 Å². The highest BCUT2D eigenvalue weighted by atomic mass is 16.1. The van der Waals surface area contributed by atoms with E-state index in [2.05, 4.69) is 94.2 Å². The van der Waals surface area contributed by atoms with Gasteiger partial charge in [-0.25, -0.2) is 0 Å². The number of anilines is 1. The number of carbonyl (C=O) groups is 1. The average Bonchev–Trinajstić information content (AvgIpc) is 3.13. The molecule has 3 heteroatoms. The first kappa shape index (κ1) is 21.4. The lowest BCUT2D eigenvalue weighted by molar-refractivity contribution is 0.0951. The molecule has 1 aliphatic rings. The molecule has 0 spiro atoms. The number of hydrogen-bond donors (Lipinski definition) is 1. The molecule has 3 nitrogen and oxygen atoms in total. The van der Waals surface area contributed by atoms with Crippen LogP contribution < -0.4 is 10.2 Å². The van der Waals surface area contributed by atoms with Crippen LogP contribution in [0.1, 0.15) is 75.9 Å². The lowest BCUT2D eigenvalue weighted by atomic mass is 9.79. The third-order valence-electron chi connectivity index (χ3n) is 5.89. The minimum Gasteiger partial charge on any atom is -0.367 e. The summed E-state index contributed by atoms with van der Waals surface area (Å²) in [4.78, 5) is 15.5. The van der Waals surface area contributed by atoms with Crippen LogP contribution in [0.3, 0.4) is 0 Å². The van der Waals surface area contributed by atoms with Crippen LogP contribution in [0.15, 0.2) is 48.5 Å². The molecule has 1 N–H and O–H groups in total. The topological polar surface area (TPSA) is 32.3 Å². The fraction of sp³-hybridized carbons (Fsp3) is 0.500. The van der Waals surface area contributed by atoms with Crippen LogP contribution in [-0.4, -0.2) is 25.0 Å².